The van der Waals surface area contributed by atoms with Gasteiger partial charge in [0.1, 0.15) is 10.3 Å². The molecule has 4 rings (SSSR count). The van der Waals surface area contributed by atoms with E-state index in [2.05, 4.69) is 31.4 Å². The van der Waals surface area contributed by atoms with Crippen molar-refractivity contribution in [3.8, 4) is 0 Å². The summed E-state index contributed by atoms with van der Waals surface area (Å²) in [6.45, 7) is 8.73. The van der Waals surface area contributed by atoms with Crippen LogP contribution in [0.5, 0.6) is 0 Å². The normalized spacial score (nSPS) is 15.6. The second-order valence-electron chi connectivity index (χ2n) is 11.2. The maximum Gasteiger partial charge on any atom is 0.341 e. The Hall–Kier alpha value is -3.10. The standard InChI is InChI=1S/C32H38N2O4S2/c1-6-11-26(35)33-22-14-10-15-23(19-22)39-28(20-12-8-7-9-13-20)29(36)34-30-27(31(37)38-5)24-17-16-21(32(2,3)4)18-25(24)40-30/h7-10,12-15,19,21,28H,6,11,16-18H2,1-5H3,(H,33,35)(H,34,36). The first kappa shape index (κ1) is 29.9. The molecule has 0 saturated heterocycles. The first-order valence-electron chi connectivity index (χ1n) is 13.8. The quantitative estimate of drug-likeness (QED) is 0.199. The predicted molar refractivity (Wildman–Crippen MR) is 164 cm³/mol. The summed E-state index contributed by atoms with van der Waals surface area (Å²) in [6.07, 6.45) is 3.90. The topological polar surface area (TPSA) is 84.5 Å². The van der Waals surface area contributed by atoms with Crippen LogP contribution in [0.25, 0.3) is 0 Å². The first-order chi connectivity index (χ1) is 19.1. The zero-order chi connectivity index (χ0) is 28.9. The van der Waals surface area contributed by atoms with Crippen LogP contribution in [-0.4, -0.2) is 24.9 Å². The Morgan fingerprint density at radius 3 is 2.50 bits per heavy atom. The largest absolute Gasteiger partial charge is 0.465 e. The van der Waals surface area contributed by atoms with Crippen LogP contribution in [0.4, 0.5) is 10.7 Å². The number of carbonyl (C=O) groups is 3. The minimum absolute atomic E-state index is 0.0345. The molecule has 8 heteroatoms. The fourth-order valence-corrected chi connectivity index (χ4v) is 7.45. The number of rotatable bonds is 9. The van der Waals surface area contributed by atoms with Crippen LogP contribution in [0.15, 0.2) is 59.5 Å². The molecular formula is C32H38N2O4S2. The fraction of sp³-hybridized carbons (Fsp3) is 0.406. The summed E-state index contributed by atoms with van der Waals surface area (Å²) >= 11 is 2.90. The van der Waals surface area contributed by atoms with E-state index in [1.165, 1.54) is 30.2 Å². The number of fused-ring (bicyclic) bond motifs is 1. The van der Waals surface area contributed by atoms with Crippen LogP contribution < -0.4 is 10.6 Å². The number of benzene rings is 2. The molecule has 0 saturated carbocycles. The molecule has 0 radical (unpaired) electrons. The van der Waals surface area contributed by atoms with Crippen molar-refractivity contribution >= 4 is 51.6 Å². The monoisotopic (exact) mass is 578 g/mol. The third-order valence-corrected chi connectivity index (χ3v) is 9.72. The molecule has 1 aliphatic carbocycles. The van der Waals surface area contributed by atoms with Gasteiger partial charge in [0.05, 0.1) is 12.7 Å². The van der Waals surface area contributed by atoms with Gasteiger partial charge in [-0.1, -0.05) is 64.1 Å². The number of hydrogen-bond donors (Lipinski definition) is 2. The highest BCUT2D eigenvalue weighted by molar-refractivity contribution is 8.00. The van der Waals surface area contributed by atoms with Crippen LogP contribution in [0.3, 0.4) is 0 Å². The Kier molecular flexibility index (Phi) is 9.74. The van der Waals surface area contributed by atoms with Gasteiger partial charge in [-0.3, -0.25) is 9.59 Å². The van der Waals surface area contributed by atoms with Crippen molar-refractivity contribution in [1.29, 1.82) is 0 Å². The van der Waals surface area contributed by atoms with E-state index in [1.807, 2.05) is 61.5 Å². The number of ether oxygens (including phenoxy) is 1. The van der Waals surface area contributed by atoms with E-state index in [-0.39, 0.29) is 17.2 Å². The van der Waals surface area contributed by atoms with Crippen molar-refractivity contribution in [2.24, 2.45) is 11.3 Å². The highest BCUT2D eigenvalue weighted by atomic mass is 32.2. The molecule has 212 valence electrons. The molecule has 1 aliphatic rings. The Morgan fingerprint density at radius 2 is 1.82 bits per heavy atom. The molecule has 0 bridgehead atoms. The molecule has 6 nitrogen and oxygen atoms in total. The number of hydrogen-bond acceptors (Lipinski definition) is 6. The molecule has 1 aromatic heterocycles. The average Bonchev–Trinajstić information content (AvgIpc) is 3.28. The number of anilines is 2. The molecule has 0 spiro atoms. The van der Waals surface area contributed by atoms with Crippen LogP contribution in [0.2, 0.25) is 0 Å². The van der Waals surface area contributed by atoms with Gasteiger partial charge in [-0.15, -0.1) is 23.1 Å². The second kappa shape index (κ2) is 13.0. The number of nitrogens with one attached hydrogen (secondary N) is 2. The van der Waals surface area contributed by atoms with Gasteiger partial charge in [0.2, 0.25) is 11.8 Å². The predicted octanol–water partition coefficient (Wildman–Crippen LogP) is 7.90. The maximum absolute atomic E-state index is 13.9. The van der Waals surface area contributed by atoms with Gasteiger partial charge in [-0.2, -0.15) is 0 Å². The van der Waals surface area contributed by atoms with Crippen molar-refractivity contribution in [2.45, 2.75) is 69.9 Å². The van der Waals surface area contributed by atoms with Crippen molar-refractivity contribution in [1.82, 2.24) is 0 Å². The third-order valence-electron chi connectivity index (χ3n) is 7.31. The molecule has 2 unspecified atom stereocenters. The third kappa shape index (κ3) is 7.15. The van der Waals surface area contributed by atoms with E-state index in [0.29, 0.717) is 28.6 Å². The van der Waals surface area contributed by atoms with E-state index in [1.54, 1.807) is 0 Å². The lowest BCUT2D eigenvalue weighted by Crippen LogP contribution is -2.26. The Labute approximate surface area is 245 Å². The summed E-state index contributed by atoms with van der Waals surface area (Å²) in [5.41, 5.74) is 3.20. The SMILES string of the molecule is CCCC(=O)Nc1cccc(SC(C(=O)Nc2sc3c(c2C(=O)OC)CCC(C(C)(C)C)C3)c2ccccc2)c1. The molecule has 0 aliphatic heterocycles. The van der Waals surface area contributed by atoms with E-state index < -0.39 is 11.2 Å². The van der Waals surface area contributed by atoms with Crippen molar-refractivity contribution in [3.05, 3.63) is 76.2 Å². The maximum atomic E-state index is 13.9. The van der Waals surface area contributed by atoms with Crippen molar-refractivity contribution < 1.29 is 19.1 Å². The molecule has 2 aromatic carbocycles. The van der Waals surface area contributed by atoms with Crippen LogP contribution in [-0.2, 0) is 27.2 Å². The number of amides is 2. The summed E-state index contributed by atoms with van der Waals surface area (Å²) in [7, 11) is 1.38. The van der Waals surface area contributed by atoms with Crippen molar-refractivity contribution in [2.75, 3.05) is 17.7 Å². The van der Waals surface area contributed by atoms with Crippen LogP contribution >= 0.6 is 23.1 Å². The van der Waals surface area contributed by atoms with E-state index in [9.17, 15) is 14.4 Å². The van der Waals surface area contributed by atoms with Crippen molar-refractivity contribution in [3.63, 3.8) is 0 Å². The number of methoxy groups -OCH3 is 1. The Balaban J connectivity index is 1.63. The minimum Gasteiger partial charge on any atom is -0.465 e. The lowest BCUT2D eigenvalue weighted by molar-refractivity contribution is -0.116. The van der Waals surface area contributed by atoms with Gasteiger partial charge in [-0.05, 0) is 66.3 Å². The first-order valence-corrected chi connectivity index (χ1v) is 15.5. The van der Waals surface area contributed by atoms with Crippen LogP contribution in [0, 0.1) is 11.3 Å². The zero-order valence-corrected chi connectivity index (χ0v) is 25.5. The summed E-state index contributed by atoms with van der Waals surface area (Å²) in [5.74, 6) is -0.160. The molecule has 40 heavy (non-hydrogen) atoms. The van der Waals surface area contributed by atoms with Gasteiger partial charge in [0, 0.05) is 21.9 Å². The molecule has 3 aromatic rings. The smallest absolute Gasteiger partial charge is 0.341 e. The Morgan fingerprint density at radius 1 is 1.07 bits per heavy atom. The highest BCUT2D eigenvalue weighted by Gasteiger charge is 2.35. The minimum atomic E-state index is -0.574. The van der Waals surface area contributed by atoms with E-state index in [0.717, 1.165) is 46.6 Å². The van der Waals surface area contributed by atoms with Crippen LogP contribution in [0.1, 0.15) is 78.6 Å². The fourth-order valence-electron chi connectivity index (χ4n) is 5.04. The van der Waals surface area contributed by atoms with Gasteiger partial charge < -0.3 is 15.4 Å². The van der Waals surface area contributed by atoms with E-state index >= 15 is 0 Å². The average molecular weight is 579 g/mol. The lowest BCUT2D eigenvalue weighted by Gasteiger charge is -2.33. The summed E-state index contributed by atoms with van der Waals surface area (Å²) < 4.78 is 5.16. The summed E-state index contributed by atoms with van der Waals surface area (Å²) in [6, 6.07) is 17.1. The summed E-state index contributed by atoms with van der Waals surface area (Å²) in [5, 5.41) is 6.02. The van der Waals surface area contributed by atoms with E-state index in [4.69, 9.17) is 4.74 Å². The zero-order valence-electron chi connectivity index (χ0n) is 23.8. The lowest BCUT2D eigenvalue weighted by atomic mass is 9.72. The molecule has 2 atom stereocenters. The number of thiophene rings is 1. The number of carbonyl (C=O) groups excluding carboxylic acids is 3. The number of esters is 1. The highest BCUT2D eigenvalue weighted by Crippen LogP contribution is 2.45. The second-order valence-corrected chi connectivity index (χ2v) is 13.5. The molecule has 1 heterocycles. The molecular weight excluding hydrogens is 540 g/mol. The molecule has 2 N–H and O–H groups in total. The molecule has 2 amide bonds. The Bertz CT molecular complexity index is 1360. The van der Waals surface area contributed by atoms with Gasteiger partial charge in [0.15, 0.2) is 0 Å². The summed E-state index contributed by atoms with van der Waals surface area (Å²) in [4.78, 5) is 41.0. The van der Waals surface area contributed by atoms with Gasteiger partial charge in [0.25, 0.3) is 0 Å². The van der Waals surface area contributed by atoms with Gasteiger partial charge in [-0.25, -0.2) is 4.79 Å². The molecule has 0 fully saturated rings. The van der Waals surface area contributed by atoms with Gasteiger partial charge >= 0.3 is 5.97 Å². The number of thioether (sulfide) groups is 1.